The first kappa shape index (κ1) is 25.4. The van der Waals surface area contributed by atoms with Crippen molar-refractivity contribution in [3.8, 4) is 17.2 Å². The maximum atomic E-state index is 12.6. The molecule has 2 aromatic carbocycles. The summed E-state index contributed by atoms with van der Waals surface area (Å²) in [7, 11) is 0.349. The average Bonchev–Trinajstić information content (AvgIpc) is 2.68. The number of anilines is 1. The number of carbonyl (C=O) groups excluding carboxylic acids is 1. The lowest BCUT2D eigenvalue weighted by Crippen LogP contribution is -2.27. The minimum absolute atomic E-state index is 0.0518. The van der Waals surface area contributed by atoms with Gasteiger partial charge in [0.25, 0.3) is 0 Å². The first-order chi connectivity index (χ1) is 14.9. The molecule has 32 heavy (non-hydrogen) atoms. The molecule has 2 rings (SSSR count). The summed E-state index contributed by atoms with van der Waals surface area (Å²) in [6.07, 6.45) is -0.150. The molecule has 1 amide bonds. The van der Waals surface area contributed by atoms with Gasteiger partial charge in [-0.3, -0.25) is 13.8 Å². The van der Waals surface area contributed by atoms with Crippen LogP contribution in [0.2, 0.25) is 0 Å². The van der Waals surface area contributed by atoms with Crippen LogP contribution in [0.25, 0.3) is 0 Å². The first-order valence-corrected chi connectivity index (χ1v) is 11.7. The van der Waals surface area contributed by atoms with Gasteiger partial charge in [-0.1, -0.05) is 40.7 Å². The second-order valence-corrected chi connectivity index (χ2v) is 10.8. The highest BCUT2D eigenvalue weighted by molar-refractivity contribution is 7.84. The lowest BCUT2D eigenvalue weighted by Gasteiger charge is -2.19. The molecule has 174 valence electrons. The number of methoxy groups -OCH3 is 1. The maximum absolute atomic E-state index is 12.6. The van der Waals surface area contributed by atoms with Crippen molar-refractivity contribution >= 4 is 28.4 Å². The lowest BCUT2D eigenvalue weighted by atomic mass is 9.95. The molecule has 0 bridgehead atoms. The summed E-state index contributed by atoms with van der Waals surface area (Å²) in [4.78, 5) is 23.5. The molecule has 0 spiro atoms. The van der Waals surface area contributed by atoms with Gasteiger partial charge in [0.15, 0.2) is 11.5 Å². The highest BCUT2D eigenvalue weighted by Crippen LogP contribution is 2.36. The van der Waals surface area contributed by atoms with Crippen molar-refractivity contribution in [3.63, 3.8) is 0 Å². The molecule has 8 heteroatoms. The average molecular weight is 462 g/mol. The second-order valence-electron chi connectivity index (χ2n) is 8.76. The number of ether oxygens (including phenoxy) is 2. The number of carboxylic acid groups (broad SMARTS) is 1. The standard InChI is InChI=1S/C24H31NO6S/c1-15(2)32(29)14-17-13-18(25-23(28)24(3,4)5)8-10-19(17)31-21-11-16(12-22(26)27)7-9-20(21)30-6/h7-11,13,15H,12,14H2,1-6H3,(H,25,28)(H,26,27). The van der Waals surface area contributed by atoms with E-state index >= 15 is 0 Å². The quantitative estimate of drug-likeness (QED) is 0.558. The molecule has 0 aliphatic carbocycles. The molecule has 0 heterocycles. The van der Waals surface area contributed by atoms with Gasteiger partial charge in [0.2, 0.25) is 5.91 Å². The van der Waals surface area contributed by atoms with Crippen LogP contribution in [0.1, 0.15) is 45.7 Å². The number of benzene rings is 2. The summed E-state index contributed by atoms with van der Waals surface area (Å²) in [5, 5.41) is 11.9. The zero-order valence-corrected chi connectivity index (χ0v) is 20.2. The van der Waals surface area contributed by atoms with Crippen LogP contribution < -0.4 is 14.8 Å². The second kappa shape index (κ2) is 10.6. The van der Waals surface area contributed by atoms with Crippen molar-refractivity contribution in [3.05, 3.63) is 47.5 Å². The summed E-state index contributed by atoms with van der Waals surface area (Å²) in [6.45, 7) is 9.22. The van der Waals surface area contributed by atoms with Crippen LogP contribution in [0, 0.1) is 5.41 Å². The number of hydrogen-bond donors (Lipinski definition) is 2. The van der Waals surface area contributed by atoms with E-state index in [1.54, 1.807) is 36.4 Å². The molecule has 0 saturated heterocycles. The van der Waals surface area contributed by atoms with Gasteiger partial charge in [0.1, 0.15) is 5.75 Å². The maximum Gasteiger partial charge on any atom is 0.307 e. The van der Waals surface area contributed by atoms with Gasteiger partial charge in [0, 0.05) is 32.7 Å². The smallest absolute Gasteiger partial charge is 0.307 e. The van der Waals surface area contributed by atoms with E-state index in [9.17, 15) is 13.8 Å². The van der Waals surface area contributed by atoms with E-state index in [1.807, 2.05) is 34.6 Å². The van der Waals surface area contributed by atoms with Crippen LogP contribution in [0.5, 0.6) is 17.2 Å². The summed E-state index contributed by atoms with van der Waals surface area (Å²) < 4.78 is 24.0. The van der Waals surface area contributed by atoms with Gasteiger partial charge in [-0.05, 0) is 35.9 Å². The van der Waals surface area contributed by atoms with Crippen LogP contribution in [0.15, 0.2) is 36.4 Å². The zero-order valence-electron chi connectivity index (χ0n) is 19.4. The van der Waals surface area contributed by atoms with Crippen molar-refractivity contribution in [2.75, 3.05) is 12.4 Å². The monoisotopic (exact) mass is 461 g/mol. The van der Waals surface area contributed by atoms with Crippen molar-refractivity contribution in [2.24, 2.45) is 5.41 Å². The fourth-order valence-electron chi connectivity index (χ4n) is 2.71. The van der Waals surface area contributed by atoms with Crippen molar-refractivity contribution < 1.29 is 28.4 Å². The third-order valence-electron chi connectivity index (χ3n) is 4.63. The van der Waals surface area contributed by atoms with Gasteiger partial charge >= 0.3 is 5.97 Å². The van der Waals surface area contributed by atoms with Crippen LogP contribution in [-0.2, 0) is 32.6 Å². The van der Waals surface area contributed by atoms with E-state index in [4.69, 9.17) is 14.6 Å². The van der Waals surface area contributed by atoms with E-state index in [0.717, 1.165) is 0 Å². The fourth-order valence-corrected chi connectivity index (χ4v) is 3.58. The number of amides is 1. The molecule has 1 atom stereocenters. The third-order valence-corrected chi connectivity index (χ3v) is 6.27. The number of rotatable bonds is 9. The van der Waals surface area contributed by atoms with E-state index < -0.39 is 22.2 Å². The Bertz CT molecular complexity index is 1010. The van der Waals surface area contributed by atoms with Gasteiger partial charge < -0.3 is 19.9 Å². The van der Waals surface area contributed by atoms with Crippen LogP contribution in [0.3, 0.4) is 0 Å². The van der Waals surface area contributed by atoms with Gasteiger partial charge in [-0.25, -0.2) is 0 Å². The number of carbonyl (C=O) groups is 2. The molecule has 0 aromatic heterocycles. The Morgan fingerprint density at radius 3 is 2.28 bits per heavy atom. The Balaban J connectivity index is 2.44. The highest BCUT2D eigenvalue weighted by Gasteiger charge is 2.22. The Morgan fingerprint density at radius 2 is 1.72 bits per heavy atom. The lowest BCUT2D eigenvalue weighted by molar-refractivity contribution is -0.136. The molecule has 1 unspecified atom stereocenters. The molecular weight excluding hydrogens is 430 g/mol. The van der Waals surface area contributed by atoms with E-state index in [1.165, 1.54) is 7.11 Å². The number of hydrogen-bond acceptors (Lipinski definition) is 5. The van der Waals surface area contributed by atoms with Crippen LogP contribution >= 0.6 is 0 Å². The molecule has 7 nitrogen and oxygen atoms in total. The van der Waals surface area contributed by atoms with Gasteiger partial charge in [0.05, 0.1) is 19.3 Å². The Morgan fingerprint density at radius 1 is 1.06 bits per heavy atom. The summed E-state index contributed by atoms with van der Waals surface area (Å²) in [5.74, 6) is 0.412. The predicted molar refractivity (Wildman–Crippen MR) is 126 cm³/mol. The molecule has 0 aliphatic rings. The van der Waals surface area contributed by atoms with Crippen LogP contribution in [-0.4, -0.2) is 33.6 Å². The van der Waals surface area contributed by atoms with Crippen LogP contribution in [0.4, 0.5) is 5.69 Å². The Labute approximate surface area is 191 Å². The summed E-state index contributed by atoms with van der Waals surface area (Å²) >= 11 is 0. The van der Waals surface area contributed by atoms with Gasteiger partial charge in [-0.2, -0.15) is 0 Å². The minimum Gasteiger partial charge on any atom is -0.493 e. The van der Waals surface area contributed by atoms with Crippen molar-refractivity contribution in [2.45, 2.75) is 52.0 Å². The normalized spacial score (nSPS) is 12.3. The topological polar surface area (TPSA) is 102 Å². The SMILES string of the molecule is COc1ccc(CC(=O)O)cc1Oc1ccc(NC(=O)C(C)(C)C)cc1CS(=O)C(C)C. The molecule has 2 N–H and O–H groups in total. The fraction of sp³-hybridized carbons (Fsp3) is 0.417. The van der Waals surface area contributed by atoms with Crippen molar-refractivity contribution in [1.82, 2.24) is 0 Å². The molecule has 0 fully saturated rings. The third kappa shape index (κ3) is 7.09. The zero-order chi connectivity index (χ0) is 24.1. The minimum atomic E-state index is -1.15. The van der Waals surface area contributed by atoms with E-state index in [2.05, 4.69) is 5.32 Å². The molecule has 0 saturated carbocycles. The number of aliphatic carboxylic acids is 1. The molecule has 2 aromatic rings. The van der Waals surface area contributed by atoms with E-state index in [-0.39, 0.29) is 23.3 Å². The number of carboxylic acids is 1. The van der Waals surface area contributed by atoms with Gasteiger partial charge in [-0.15, -0.1) is 0 Å². The van der Waals surface area contributed by atoms with Crippen molar-refractivity contribution in [1.29, 1.82) is 0 Å². The van der Waals surface area contributed by atoms with E-state index in [0.29, 0.717) is 34.1 Å². The molecule has 0 radical (unpaired) electrons. The number of nitrogens with one attached hydrogen (secondary N) is 1. The Hall–Kier alpha value is -2.87. The summed E-state index contributed by atoms with van der Waals surface area (Å²) in [6, 6.07) is 10.1. The summed E-state index contributed by atoms with van der Waals surface area (Å²) in [5.41, 5.74) is 1.25. The predicted octanol–water partition coefficient (Wildman–Crippen LogP) is 4.76. The molecular formula is C24H31NO6S. The molecule has 0 aliphatic heterocycles. The Kier molecular flexibility index (Phi) is 8.44. The first-order valence-electron chi connectivity index (χ1n) is 10.3. The highest BCUT2D eigenvalue weighted by atomic mass is 32.2. The largest absolute Gasteiger partial charge is 0.493 e.